The van der Waals surface area contributed by atoms with E-state index in [1.165, 1.54) is 0 Å². The average molecular weight is 211 g/mol. The SMILES string of the molecule is [O]CC(Cl)CC(Cl)(Cl)Cl. The van der Waals surface area contributed by atoms with Crippen LogP contribution in [-0.2, 0) is 5.11 Å². The molecule has 0 saturated carbocycles. The first-order valence-electron chi connectivity index (χ1n) is 2.24. The Hall–Kier alpha value is 1.12. The summed E-state index contributed by atoms with van der Waals surface area (Å²) < 4.78 is -1.39. The van der Waals surface area contributed by atoms with Gasteiger partial charge in [-0.25, -0.2) is 5.11 Å². The summed E-state index contributed by atoms with van der Waals surface area (Å²) >= 11 is 21.3. The minimum absolute atomic E-state index is 0.0999. The van der Waals surface area contributed by atoms with Crippen LogP contribution in [-0.4, -0.2) is 15.8 Å². The molecule has 0 heterocycles. The first-order valence-corrected chi connectivity index (χ1v) is 3.81. The third-order valence-electron chi connectivity index (χ3n) is 0.634. The standard InChI is InChI=1S/C4H5Cl4O/c5-3(2-9)1-4(6,7)8/h3H,1-2H2. The van der Waals surface area contributed by atoms with Crippen molar-refractivity contribution in [1.29, 1.82) is 0 Å². The van der Waals surface area contributed by atoms with E-state index in [1.54, 1.807) is 0 Å². The second-order valence-electron chi connectivity index (χ2n) is 1.58. The van der Waals surface area contributed by atoms with Crippen LogP contribution in [0, 0.1) is 0 Å². The quantitative estimate of drug-likeness (QED) is 0.625. The fourth-order valence-corrected chi connectivity index (χ4v) is 1.34. The maximum atomic E-state index is 10.00. The Balaban J connectivity index is 3.47. The van der Waals surface area contributed by atoms with E-state index in [0.717, 1.165) is 0 Å². The van der Waals surface area contributed by atoms with Crippen LogP contribution in [0.4, 0.5) is 0 Å². The molecule has 0 amide bonds. The topological polar surface area (TPSA) is 19.9 Å². The van der Waals surface area contributed by atoms with E-state index < -0.39 is 15.8 Å². The molecular weight excluding hydrogens is 206 g/mol. The van der Waals surface area contributed by atoms with Gasteiger partial charge >= 0.3 is 0 Å². The highest BCUT2D eigenvalue weighted by Crippen LogP contribution is 2.32. The van der Waals surface area contributed by atoms with Crippen LogP contribution in [0.25, 0.3) is 0 Å². The van der Waals surface area contributed by atoms with Crippen LogP contribution in [0.3, 0.4) is 0 Å². The van der Waals surface area contributed by atoms with Crippen molar-refractivity contribution in [2.45, 2.75) is 15.6 Å². The van der Waals surface area contributed by atoms with Crippen molar-refractivity contribution < 1.29 is 5.11 Å². The molecule has 9 heavy (non-hydrogen) atoms. The zero-order chi connectivity index (χ0) is 7.49. The summed E-state index contributed by atoms with van der Waals surface area (Å²) in [5.74, 6) is 0. The van der Waals surface area contributed by atoms with Crippen molar-refractivity contribution in [2.75, 3.05) is 6.61 Å². The lowest BCUT2D eigenvalue weighted by Gasteiger charge is -2.11. The molecule has 1 nitrogen and oxygen atoms in total. The van der Waals surface area contributed by atoms with Gasteiger partial charge in [-0.15, -0.1) is 11.6 Å². The molecule has 0 aliphatic carbocycles. The molecule has 0 fully saturated rings. The predicted molar refractivity (Wildman–Crippen MR) is 40.1 cm³/mol. The van der Waals surface area contributed by atoms with Gasteiger partial charge in [-0.3, -0.25) is 0 Å². The van der Waals surface area contributed by atoms with Gasteiger partial charge in [-0.1, -0.05) is 34.8 Å². The molecule has 0 aromatic carbocycles. The summed E-state index contributed by atoms with van der Waals surface area (Å²) in [5.41, 5.74) is 0. The summed E-state index contributed by atoms with van der Waals surface area (Å²) in [6.45, 7) is -0.421. The third-order valence-corrected chi connectivity index (χ3v) is 1.38. The maximum Gasteiger partial charge on any atom is 0.192 e. The second-order valence-corrected chi connectivity index (χ2v) is 4.72. The highest BCUT2D eigenvalue weighted by Gasteiger charge is 2.23. The van der Waals surface area contributed by atoms with Gasteiger partial charge in [-0.05, 0) is 0 Å². The van der Waals surface area contributed by atoms with Crippen molar-refractivity contribution in [1.82, 2.24) is 0 Å². The van der Waals surface area contributed by atoms with Crippen LogP contribution < -0.4 is 0 Å². The molecular formula is C4H5Cl4O. The van der Waals surface area contributed by atoms with Gasteiger partial charge < -0.3 is 0 Å². The van der Waals surface area contributed by atoms with E-state index in [1.807, 2.05) is 0 Å². The summed E-state index contributed by atoms with van der Waals surface area (Å²) in [7, 11) is 0. The number of rotatable bonds is 2. The van der Waals surface area contributed by atoms with Crippen LogP contribution in [0.15, 0.2) is 0 Å². The van der Waals surface area contributed by atoms with Crippen molar-refractivity contribution in [2.24, 2.45) is 0 Å². The smallest absolute Gasteiger partial charge is 0.192 e. The van der Waals surface area contributed by atoms with Gasteiger partial charge in [0.15, 0.2) is 3.79 Å². The van der Waals surface area contributed by atoms with E-state index in [0.29, 0.717) is 0 Å². The summed E-state index contributed by atoms with van der Waals surface area (Å²) in [6.07, 6.45) is 0.0999. The minimum Gasteiger partial charge on any atom is -0.235 e. The molecule has 1 atom stereocenters. The molecule has 55 valence electrons. The molecule has 5 heteroatoms. The molecule has 0 bridgehead atoms. The molecule has 1 unspecified atom stereocenters. The molecule has 0 aromatic rings. The van der Waals surface area contributed by atoms with E-state index >= 15 is 0 Å². The van der Waals surface area contributed by atoms with Crippen molar-refractivity contribution in [3.63, 3.8) is 0 Å². The fourth-order valence-electron chi connectivity index (χ4n) is 0.310. The van der Waals surface area contributed by atoms with Gasteiger partial charge in [0.2, 0.25) is 0 Å². The molecule has 0 saturated heterocycles. The number of hydrogen-bond donors (Lipinski definition) is 0. The van der Waals surface area contributed by atoms with Crippen LogP contribution >= 0.6 is 46.4 Å². The largest absolute Gasteiger partial charge is 0.235 e. The lowest BCUT2D eigenvalue weighted by Crippen LogP contribution is -2.14. The van der Waals surface area contributed by atoms with Crippen molar-refractivity contribution >= 4 is 46.4 Å². The molecule has 0 rings (SSSR count). The van der Waals surface area contributed by atoms with Crippen LogP contribution in [0.1, 0.15) is 6.42 Å². The van der Waals surface area contributed by atoms with Gasteiger partial charge in [0.1, 0.15) is 0 Å². The summed E-state index contributed by atoms with van der Waals surface area (Å²) in [6, 6.07) is 0. The molecule has 0 aliphatic rings. The van der Waals surface area contributed by atoms with Gasteiger partial charge in [0.05, 0.1) is 12.0 Å². The third kappa shape index (κ3) is 7.01. The fraction of sp³-hybridized carbons (Fsp3) is 1.00. The van der Waals surface area contributed by atoms with E-state index in [-0.39, 0.29) is 6.42 Å². The zero-order valence-corrected chi connectivity index (χ0v) is 7.44. The van der Waals surface area contributed by atoms with E-state index in [2.05, 4.69) is 0 Å². The van der Waals surface area contributed by atoms with Gasteiger partial charge in [0.25, 0.3) is 0 Å². The first kappa shape index (κ1) is 10.1. The molecule has 0 N–H and O–H groups in total. The van der Waals surface area contributed by atoms with Crippen molar-refractivity contribution in [3.8, 4) is 0 Å². The van der Waals surface area contributed by atoms with Crippen LogP contribution in [0.5, 0.6) is 0 Å². The Labute approximate surface area is 73.8 Å². The minimum atomic E-state index is -1.39. The van der Waals surface area contributed by atoms with E-state index in [9.17, 15) is 5.11 Å². The number of alkyl halides is 4. The summed E-state index contributed by atoms with van der Waals surface area (Å²) in [4.78, 5) is 0. The van der Waals surface area contributed by atoms with Crippen LogP contribution in [0.2, 0.25) is 0 Å². The Kier molecular flexibility index (Phi) is 4.60. The lowest BCUT2D eigenvalue weighted by molar-refractivity contribution is 0.190. The lowest BCUT2D eigenvalue weighted by atomic mass is 10.3. The Morgan fingerprint density at radius 2 is 1.78 bits per heavy atom. The Bertz CT molecular complexity index is 79.1. The monoisotopic (exact) mass is 209 g/mol. The molecule has 0 aliphatic heterocycles. The highest BCUT2D eigenvalue weighted by molar-refractivity contribution is 6.67. The Morgan fingerprint density at radius 3 is 1.89 bits per heavy atom. The highest BCUT2D eigenvalue weighted by atomic mass is 35.6. The average Bonchev–Trinajstić information content (AvgIpc) is 1.62. The van der Waals surface area contributed by atoms with Crippen molar-refractivity contribution in [3.05, 3.63) is 0 Å². The van der Waals surface area contributed by atoms with E-state index in [4.69, 9.17) is 46.4 Å². The number of hydrogen-bond acceptors (Lipinski definition) is 0. The van der Waals surface area contributed by atoms with Gasteiger partial charge in [0, 0.05) is 6.42 Å². The molecule has 0 spiro atoms. The number of halogens is 4. The summed E-state index contributed by atoms with van der Waals surface area (Å²) in [5, 5.41) is 9.41. The zero-order valence-electron chi connectivity index (χ0n) is 4.41. The molecule has 1 radical (unpaired) electrons. The second kappa shape index (κ2) is 4.09. The van der Waals surface area contributed by atoms with Gasteiger partial charge in [-0.2, -0.15) is 0 Å². The molecule has 0 aromatic heterocycles. The first-order chi connectivity index (χ1) is 3.95. The Morgan fingerprint density at radius 1 is 1.33 bits per heavy atom. The predicted octanol–water partition coefficient (Wildman–Crippen LogP) is 2.78. The maximum absolute atomic E-state index is 10.00. The normalized spacial score (nSPS) is 15.7.